The van der Waals surface area contributed by atoms with E-state index >= 15 is 0 Å². The van der Waals surface area contributed by atoms with E-state index in [1.807, 2.05) is 23.1 Å². The molecule has 0 saturated carbocycles. The van der Waals surface area contributed by atoms with Gasteiger partial charge in [0.05, 0.1) is 6.54 Å². The van der Waals surface area contributed by atoms with E-state index in [1.54, 1.807) is 0 Å². The maximum atomic E-state index is 13.5. The molecule has 2 aliphatic rings. The predicted molar refractivity (Wildman–Crippen MR) is 127 cm³/mol. The molecule has 2 aromatic rings. The van der Waals surface area contributed by atoms with Crippen LogP contribution in [0.3, 0.4) is 0 Å². The Labute approximate surface area is 202 Å². The maximum absolute atomic E-state index is 13.5. The van der Waals surface area contributed by atoms with Gasteiger partial charge in [0.2, 0.25) is 5.95 Å². The number of halogens is 3. The smallest absolute Gasteiger partial charge is 0.383 e. The largest absolute Gasteiger partial charge is 0.421 e. The molecule has 1 aromatic carbocycles. The summed E-state index contributed by atoms with van der Waals surface area (Å²) in [7, 11) is 0. The van der Waals surface area contributed by atoms with Crippen LogP contribution in [-0.2, 0) is 23.9 Å². The van der Waals surface area contributed by atoms with Crippen molar-refractivity contribution in [2.24, 2.45) is 0 Å². The maximum Gasteiger partial charge on any atom is 0.421 e. The Morgan fingerprint density at radius 2 is 1.97 bits per heavy atom. The Morgan fingerprint density at radius 3 is 2.66 bits per heavy atom. The monoisotopic (exact) mass is 492 g/mol. The molecule has 11 heteroatoms. The van der Waals surface area contributed by atoms with E-state index in [1.165, 1.54) is 13.8 Å². The number of benzene rings is 1. The van der Waals surface area contributed by atoms with Gasteiger partial charge in [-0.25, -0.2) is 4.98 Å². The number of aliphatic hydroxyl groups is 1. The van der Waals surface area contributed by atoms with Gasteiger partial charge in [0.25, 0.3) is 0 Å². The van der Waals surface area contributed by atoms with Gasteiger partial charge < -0.3 is 21.1 Å². The number of ketones is 1. The van der Waals surface area contributed by atoms with Gasteiger partial charge in [-0.3, -0.25) is 9.69 Å². The van der Waals surface area contributed by atoms with Crippen LogP contribution in [0.5, 0.6) is 0 Å². The lowest BCUT2D eigenvalue weighted by atomic mass is 9.97. The third-order valence-corrected chi connectivity index (χ3v) is 6.38. The highest BCUT2D eigenvalue weighted by Gasteiger charge is 2.36. The number of carbonyl (C=O) groups excluding carboxylic acids is 1. The second kappa shape index (κ2) is 10.1. The molecule has 1 saturated heterocycles. The number of Topliss-reactive ketones (excluding diaryl/α,β-unsaturated/α-hetero) is 1. The van der Waals surface area contributed by atoms with Gasteiger partial charge in [0, 0.05) is 31.0 Å². The Kier molecular flexibility index (Phi) is 7.30. The van der Waals surface area contributed by atoms with Crippen LogP contribution in [0.2, 0.25) is 0 Å². The fourth-order valence-electron chi connectivity index (χ4n) is 4.27. The van der Waals surface area contributed by atoms with Crippen molar-refractivity contribution >= 4 is 23.2 Å². The van der Waals surface area contributed by atoms with E-state index in [9.17, 15) is 23.1 Å². The minimum Gasteiger partial charge on any atom is -0.383 e. The first-order valence-electron chi connectivity index (χ1n) is 11.8. The first-order chi connectivity index (χ1) is 16.5. The quantitative estimate of drug-likeness (QED) is 0.468. The van der Waals surface area contributed by atoms with E-state index < -0.39 is 17.3 Å². The summed E-state index contributed by atoms with van der Waals surface area (Å²) < 4.78 is 40.6. The van der Waals surface area contributed by atoms with Crippen LogP contribution < -0.4 is 16.0 Å². The predicted octanol–water partition coefficient (Wildman–Crippen LogP) is 3.10. The highest BCUT2D eigenvalue weighted by Crippen LogP contribution is 2.35. The number of anilines is 3. The summed E-state index contributed by atoms with van der Waals surface area (Å²) in [4.78, 5) is 22.2. The summed E-state index contributed by atoms with van der Waals surface area (Å²) >= 11 is 0. The van der Waals surface area contributed by atoms with E-state index in [0.717, 1.165) is 30.4 Å². The van der Waals surface area contributed by atoms with E-state index in [4.69, 9.17) is 0 Å². The van der Waals surface area contributed by atoms with Gasteiger partial charge >= 0.3 is 6.18 Å². The van der Waals surface area contributed by atoms with Crippen LogP contribution in [-0.4, -0.2) is 63.6 Å². The molecule has 0 bridgehead atoms. The van der Waals surface area contributed by atoms with Crippen molar-refractivity contribution in [2.45, 2.75) is 57.5 Å². The zero-order chi connectivity index (χ0) is 25.2. The van der Waals surface area contributed by atoms with Crippen molar-refractivity contribution in [3.63, 3.8) is 0 Å². The average Bonchev–Trinajstić information content (AvgIpc) is 2.78. The molecule has 0 atom stereocenters. The SMILES string of the molecule is CC(C)(O)C(=O)CN1CCc2cc(Nc3ncc(C(F)(F)F)c(NC4CCNCC4)n3)ccc2C1. The van der Waals surface area contributed by atoms with E-state index in [2.05, 4.69) is 25.9 Å². The van der Waals surface area contributed by atoms with Crippen LogP contribution in [0, 0.1) is 0 Å². The highest BCUT2D eigenvalue weighted by atomic mass is 19.4. The van der Waals surface area contributed by atoms with Crippen molar-refractivity contribution < 1.29 is 23.1 Å². The molecule has 190 valence electrons. The van der Waals surface area contributed by atoms with Gasteiger partial charge in [-0.2, -0.15) is 18.2 Å². The first-order valence-corrected chi connectivity index (χ1v) is 11.8. The molecule has 3 heterocycles. The lowest BCUT2D eigenvalue weighted by Gasteiger charge is -2.30. The zero-order valence-corrected chi connectivity index (χ0v) is 19.9. The van der Waals surface area contributed by atoms with Gasteiger partial charge in [0.1, 0.15) is 17.0 Å². The summed E-state index contributed by atoms with van der Waals surface area (Å²) in [5.74, 6) is -0.359. The fourth-order valence-corrected chi connectivity index (χ4v) is 4.27. The minimum atomic E-state index is -4.56. The Bertz CT molecular complexity index is 1060. The number of rotatable bonds is 7. The van der Waals surface area contributed by atoms with Crippen molar-refractivity contribution in [1.82, 2.24) is 20.2 Å². The molecule has 0 amide bonds. The van der Waals surface area contributed by atoms with E-state index in [0.29, 0.717) is 38.0 Å². The Balaban J connectivity index is 1.47. The first kappa shape index (κ1) is 25.3. The number of aromatic nitrogens is 2. The lowest BCUT2D eigenvalue weighted by Crippen LogP contribution is -2.42. The summed E-state index contributed by atoms with van der Waals surface area (Å²) in [6, 6.07) is 5.60. The minimum absolute atomic E-state index is 0.0857. The molecular formula is C24H31F3N6O2. The second-order valence-corrected chi connectivity index (χ2v) is 9.67. The molecule has 8 nitrogen and oxygen atoms in total. The van der Waals surface area contributed by atoms with Gasteiger partial charge in [-0.1, -0.05) is 6.07 Å². The van der Waals surface area contributed by atoms with Crippen LogP contribution in [0.15, 0.2) is 24.4 Å². The molecule has 0 spiro atoms. The number of nitrogens with one attached hydrogen (secondary N) is 3. The zero-order valence-electron chi connectivity index (χ0n) is 19.9. The standard InChI is InChI=1S/C24H31F3N6O2/c1-23(2,35)20(34)14-33-10-7-15-11-18(4-3-16(15)13-33)31-22-29-12-19(24(25,26)27)21(32-22)30-17-5-8-28-9-6-17/h3-4,11-12,17,28,35H,5-10,13-14H2,1-2H3,(H2,29,30,31,32). The average molecular weight is 493 g/mol. The number of nitrogens with zero attached hydrogens (tertiary/aromatic N) is 3. The number of carbonyl (C=O) groups is 1. The van der Waals surface area contributed by atoms with Crippen LogP contribution in [0.4, 0.5) is 30.6 Å². The van der Waals surface area contributed by atoms with Crippen molar-refractivity contribution in [3.8, 4) is 0 Å². The number of piperidine rings is 1. The molecule has 2 aliphatic heterocycles. The van der Waals surface area contributed by atoms with Crippen molar-refractivity contribution in [1.29, 1.82) is 0 Å². The Hall–Kier alpha value is -2.76. The van der Waals surface area contributed by atoms with Crippen LogP contribution in [0.25, 0.3) is 0 Å². The van der Waals surface area contributed by atoms with Gasteiger partial charge in [0.15, 0.2) is 5.78 Å². The van der Waals surface area contributed by atoms with Crippen LogP contribution in [0.1, 0.15) is 43.4 Å². The summed E-state index contributed by atoms with van der Waals surface area (Å²) in [5, 5.41) is 19.1. The molecule has 1 aromatic heterocycles. The lowest BCUT2D eigenvalue weighted by molar-refractivity contribution is -0.137. The van der Waals surface area contributed by atoms with Crippen molar-refractivity contribution in [3.05, 3.63) is 41.1 Å². The molecular weight excluding hydrogens is 461 g/mol. The number of fused-ring (bicyclic) bond motifs is 1. The van der Waals surface area contributed by atoms with E-state index in [-0.39, 0.29) is 30.1 Å². The second-order valence-electron chi connectivity index (χ2n) is 9.67. The molecule has 4 N–H and O–H groups in total. The molecule has 0 aliphatic carbocycles. The third-order valence-electron chi connectivity index (χ3n) is 6.38. The molecule has 4 rings (SSSR count). The normalized spacial score (nSPS) is 17.7. The summed E-state index contributed by atoms with van der Waals surface area (Å²) in [5.41, 5.74) is 0.580. The highest BCUT2D eigenvalue weighted by molar-refractivity contribution is 5.88. The number of alkyl halides is 3. The van der Waals surface area contributed by atoms with Crippen LogP contribution >= 0.6 is 0 Å². The number of hydrogen-bond acceptors (Lipinski definition) is 8. The summed E-state index contributed by atoms with van der Waals surface area (Å²) in [6.07, 6.45) is -1.60. The Morgan fingerprint density at radius 1 is 1.23 bits per heavy atom. The summed E-state index contributed by atoms with van der Waals surface area (Å²) in [6.45, 7) is 5.89. The molecule has 1 fully saturated rings. The van der Waals surface area contributed by atoms with Crippen molar-refractivity contribution in [2.75, 3.05) is 36.8 Å². The van der Waals surface area contributed by atoms with Gasteiger partial charge in [-0.05, 0) is 69.5 Å². The van der Waals surface area contributed by atoms with Gasteiger partial charge in [-0.15, -0.1) is 0 Å². The molecule has 35 heavy (non-hydrogen) atoms. The fraction of sp³-hybridized carbons (Fsp3) is 0.542. The topological polar surface area (TPSA) is 102 Å². The third kappa shape index (κ3) is 6.47. The molecule has 0 radical (unpaired) electrons. The molecule has 0 unspecified atom stereocenters. The number of hydrogen-bond donors (Lipinski definition) is 4.